The molecule has 8 heteroatoms. The van der Waals surface area contributed by atoms with E-state index in [1.807, 2.05) is 6.92 Å². The minimum Gasteiger partial charge on any atom is -1.00 e. The normalized spacial score (nSPS) is 20.1. The predicted molar refractivity (Wildman–Crippen MR) is 173 cm³/mol. The second-order valence-corrected chi connectivity index (χ2v) is 14.5. The van der Waals surface area contributed by atoms with Crippen LogP contribution in [0.5, 0.6) is 0 Å². The van der Waals surface area contributed by atoms with Crippen molar-refractivity contribution < 1.29 is 43.4 Å². The largest absolute Gasteiger partial charge is 1.00 e. The number of hydrogen-bond donors (Lipinski definition) is 2. The minimum absolute atomic E-state index is 0. The van der Waals surface area contributed by atoms with E-state index >= 15 is 0 Å². The molecule has 1 saturated heterocycles. The van der Waals surface area contributed by atoms with Crippen LogP contribution in [0.4, 0.5) is 0 Å². The third kappa shape index (κ3) is 27.0. The first-order valence-electron chi connectivity index (χ1n) is 17.0. The van der Waals surface area contributed by atoms with Crippen molar-refractivity contribution in [3.05, 3.63) is 0 Å². The Morgan fingerprint density at radius 1 is 0.619 bits per heavy atom. The highest BCUT2D eigenvalue weighted by Gasteiger charge is 2.33. The number of halogens is 2. The van der Waals surface area contributed by atoms with E-state index in [0.717, 1.165) is 23.7 Å². The number of nitrogens with one attached hydrogen (secondary N) is 2. The van der Waals surface area contributed by atoms with Crippen LogP contribution in [0.25, 0.3) is 0 Å². The summed E-state index contributed by atoms with van der Waals surface area (Å²) in [4.78, 5) is 25.1. The topological polar surface area (TPSA) is 58.2 Å². The first-order chi connectivity index (χ1) is 18.8. The Kier molecular flexibility index (Phi) is 29.3. The van der Waals surface area contributed by atoms with Gasteiger partial charge in [0, 0.05) is 12.8 Å². The van der Waals surface area contributed by atoms with E-state index in [-0.39, 0.29) is 48.8 Å². The second-order valence-electron chi connectivity index (χ2n) is 14.5. The van der Waals surface area contributed by atoms with Crippen LogP contribution < -0.4 is 35.4 Å². The fourth-order valence-corrected chi connectivity index (χ4v) is 5.86. The van der Waals surface area contributed by atoms with Gasteiger partial charge in [-0.15, -0.1) is 0 Å². The van der Waals surface area contributed by atoms with Gasteiger partial charge in [-0.1, -0.05) is 104 Å². The highest BCUT2D eigenvalue weighted by molar-refractivity contribution is 5.78. The van der Waals surface area contributed by atoms with Crippen molar-refractivity contribution in [1.29, 1.82) is 0 Å². The summed E-state index contributed by atoms with van der Waals surface area (Å²) < 4.78 is 1.69. The molecular weight excluding hydrogens is 567 g/mol. The number of carbonyl (C=O) groups is 2. The first kappa shape index (κ1) is 45.9. The van der Waals surface area contributed by atoms with Gasteiger partial charge in [0.2, 0.25) is 11.8 Å². The average Bonchev–Trinajstić information content (AvgIpc) is 2.87. The van der Waals surface area contributed by atoms with Crippen molar-refractivity contribution in [2.24, 2.45) is 5.92 Å². The van der Waals surface area contributed by atoms with E-state index in [9.17, 15) is 9.59 Å². The molecule has 0 radical (unpaired) electrons. The van der Waals surface area contributed by atoms with Gasteiger partial charge in [-0.2, -0.15) is 0 Å². The quantitative estimate of drug-likeness (QED) is 0.187. The van der Waals surface area contributed by atoms with Crippen LogP contribution in [-0.2, 0) is 9.59 Å². The van der Waals surface area contributed by atoms with Crippen LogP contribution >= 0.6 is 0 Å². The average molecular weight is 640 g/mol. The number of nitrogens with zero attached hydrogens (tertiary/aromatic N) is 2. The highest BCUT2D eigenvalue weighted by Crippen LogP contribution is 2.23. The van der Waals surface area contributed by atoms with Gasteiger partial charge >= 0.3 is 0 Å². The second kappa shape index (κ2) is 26.8. The highest BCUT2D eigenvalue weighted by atomic mass is 35.5. The number of hydrogen-bond acceptors (Lipinski definition) is 2. The van der Waals surface area contributed by atoms with Crippen LogP contribution in [0.15, 0.2) is 0 Å². The first-order valence-corrected chi connectivity index (χ1v) is 17.0. The van der Waals surface area contributed by atoms with Crippen LogP contribution in [0.2, 0.25) is 0 Å². The Bertz CT molecular complexity index is 650. The molecule has 0 bridgehead atoms. The molecule has 3 unspecified atom stereocenters. The molecule has 0 spiro atoms. The van der Waals surface area contributed by atoms with Crippen molar-refractivity contribution in [3.63, 3.8) is 0 Å². The van der Waals surface area contributed by atoms with Crippen molar-refractivity contribution in [2.75, 3.05) is 48.8 Å². The summed E-state index contributed by atoms with van der Waals surface area (Å²) in [5.74, 6) is 0.712. The maximum atomic E-state index is 12.6. The van der Waals surface area contributed by atoms with Crippen molar-refractivity contribution in [3.8, 4) is 0 Å². The van der Waals surface area contributed by atoms with Gasteiger partial charge in [-0.05, 0) is 32.1 Å². The molecule has 42 heavy (non-hydrogen) atoms. The number of quaternary nitrogens is 2. The third-order valence-corrected chi connectivity index (χ3v) is 8.18. The maximum Gasteiger partial charge on any atom is 0.224 e. The molecule has 0 aromatic heterocycles. The van der Waals surface area contributed by atoms with Crippen LogP contribution in [0.3, 0.4) is 0 Å². The number of amides is 2. The summed E-state index contributed by atoms with van der Waals surface area (Å²) >= 11 is 0. The Morgan fingerprint density at radius 3 is 1.38 bits per heavy atom. The van der Waals surface area contributed by atoms with E-state index in [4.69, 9.17) is 0 Å². The van der Waals surface area contributed by atoms with Gasteiger partial charge in [0.05, 0.1) is 54.9 Å². The number of likely N-dealkylation sites (N-methyl/N-ethyl adjacent to an activating group) is 1. The molecule has 0 aliphatic carbocycles. The monoisotopic (exact) mass is 639 g/mol. The smallest absolute Gasteiger partial charge is 0.224 e. The Labute approximate surface area is 274 Å². The SMILES string of the molecule is CCCCCCCCCCCCCCCC1CCC(=O)NC(C)C([N+](C)(C)C)NC(=O)CC1.CCC[N+](C)(C)C.[Cl-].[Cl-]. The van der Waals surface area contributed by atoms with E-state index in [1.54, 1.807) is 0 Å². The van der Waals surface area contributed by atoms with Crippen LogP contribution in [-0.4, -0.2) is 81.8 Å². The zero-order valence-corrected chi connectivity index (χ0v) is 30.9. The summed E-state index contributed by atoms with van der Waals surface area (Å²) in [6, 6.07) is -0.0842. The fourth-order valence-electron chi connectivity index (χ4n) is 5.86. The third-order valence-electron chi connectivity index (χ3n) is 8.18. The van der Waals surface area contributed by atoms with Gasteiger partial charge < -0.3 is 44.4 Å². The Morgan fingerprint density at radius 2 is 1.02 bits per heavy atom. The lowest BCUT2D eigenvalue weighted by atomic mass is 9.91. The molecule has 1 aliphatic rings. The lowest BCUT2D eigenvalue weighted by Gasteiger charge is -2.38. The summed E-state index contributed by atoms with van der Waals surface area (Å²) in [6.45, 7) is 7.76. The number of unbranched alkanes of at least 4 members (excludes halogenated alkanes) is 12. The summed E-state index contributed by atoms with van der Waals surface area (Å²) in [6.07, 6.45) is 23.1. The molecule has 1 fully saturated rings. The Hall–Kier alpha value is -0.560. The molecule has 2 N–H and O–H groups in total. The molecule has 1 rings (SSSR count). The van der Waals surface area contributed by atoms with E-state index in [0.29, 0.717) is 23.2 Å². The summed E-state index contributed by atoms with van der Waals surface area (Å²) in [5, 5.41) is 6.30. The van der Waals surface area contributed by atoms with Crippen molar-refractivity contribution in [1.82, 2.24) is 10.6 Å². The standard InChI is InChI=1S/C28H55N3O2.C6H16N.2ClH/c1-6-7-8-9-10-11-12-13-14-15-16-17-18-19-25-20-22-26(32)29-24(2)28(31(3,4)5)30-27(33)23-21-25;1-5-6-7(2,3)4;;/h24-25,28H,6-23H2,1-5H3,(H-,29,30,32,33);5-6H2,1-4H3;2*1H/q;+1;;/p-1. The van der Waals surface area contributed by atoms with E-state index in [2.05, 4.69) is 66.8 Å². The molecule has 0 aromatic carbocycles. The molecule has 1 heterocycles. The molecule has 254 valence electrons. The molecule has 1 aliphatic heterocycles. The van der Waals surface area contributed by atoms with Gasteiger partial charge in [0.25, 0.3) is 0 Å². The van der Waals surface area contributed by atoms with Gasteiger partial charge in [0.1, 0.15) is 0 Å². The predicted octanol–water partition coefficient (Wildman–Crippen LogP) is 1.42. The molecule has 0 aromatic rings. The number of carbonyl (C=O) groups excluding carboxylic acids is 2. The van der Waals surface area contributed by atoms with Gasteiger partial charge in [-0.3, -0.25) is 9.59 Å². The zero-order valence-electron chi connectivity index (χ0n) is 29.3. The van der Waals surface area contributed by atoms with Crippen molar-refractivity contribution in [2.45, 2.75) is 155 Å². The molecule has 0 saturated carbocycles. The van der Waals surface area contributed by atoms with Crippen molar-refractivity contribution >= 4 is 11.8 Å². The zero-order chi connectivity index (χ0) is 30.4. The molecule has 3 atom stereocenters. The van der Waals surface area contributed by atoms with Crippen LogP contribution in [0.1, 0.15) is 143 Å². The number of rotatable bonds is 17. The van der Waals surface area contributed by atoms with Crippen LogP contribution in [0, 0.1) is 5.92 Å². The fraction of sp³-hybridized carbons (Fsp3) is 0.941. The summed E-state index contributed by atoms with van der Waals surface area (Å²) in [7, 11) is 12.8. The molecule has 2 amide bonds. The molecular formula is C34H72Cl2N4O2. The lowest BCUT2D eigenvalue weighted by molar-refractivity contribution is -0.899. The summed E-state index contributed by atoms with van der Waals surface area (Å²) in [5.41, 5.74) is 0. The van der Waals surface area contributed by atoms with Gasteiger partial charge in [-0.25, -0.2) is 0 Å². The maximum absolute atomic E-state index is 12.6. The van der Waals surface area contributed by atoms with E-state index in [1.165, 1.54) is 96.4 Å². The lowest BCUT2D eigenvalue weighted by Crippen LogP contribution is -3.00. The molecule has 6 nitrogen and oxygen atoms in total. The van der Waals surface area contributed by atoms with E-state index < -0.39 is 0 Å². The van der Waals surface area contributed by atoms with Gasteiger partial charge in [0.15, 0.2) is 6.17 Å². The Balaban J connectivity index is -0.00000150. The minimum atomic E-state index is -0.112.